The number of carbonyl (C=O) groups excluding carboxylic acids is 1. The molecule has 1 aliphatic rings. The van der Waals surface area contributed by atoms with Crippen molar-refractivity contribution >= 4 is 38.3 Å². The van der Waals surface area contributed by atoms with Crippen LogP contribution in [0.25, 0.3) is 10.8 Å². The molecular weight excluding hydrogens is 398 g/mol. The second kappa shape index (κ2) is 7.11. The first-order valence-electron chi connectivity index (χ1n) is 8.82. The standard InChI is InChI=1S/C21H18ClNO4S/c1-27-18-12-11-17(22)15-9-10-16(20(15)18)21(24)23-28(25,26)19-8-4-6-13-5-2-3-7-14(13)19/h2-8,11-12,16H,9-10H2,1H3,(H,23,24). The van der Waals surface area contributed by atoms with E-state index in [0.29, 0.717) is 34.6 Å². The van der Waals surface area contributed by atoms with Crippen molar-refractivity contribution < 1.29 is 17.9 Å². The van der Waals surface area contributed by atoms with Gasteiger partial charge < -0.3 is 4.74 Å². The minimum absolute atomic E-state index is 0.0789. The number of rotatable bonds is 4. The lowest BCUT2D eigenvalue weighted by molar-refractivity contribution is -0.120. The van der Waals surface area contributed by atoms with Crippen molar-refractivity contribution in [3.63, 3.8) is 0 Å². The SMILES string of the molecule is COc1ccc(Cl)c2c1C(C(=O)NS(=O)(=O)c1cccc3ccccc13)CC2. The molecule has 4 rings (SSSR count). The number of halogens is 1. The third kappa shape index (κ3) is 3.12. The molecule has 0 fully saturated rings. The molecule has 0 saturated heterocycles. The van der Waals surface area contributed by atoms with Gasteiger partial charge in [0.2, 0.25) is 5.91 Å². The van der Waals surface area contributed by atoms with E-state index in [1.54, 1.807) is 30.3 Å². The van der Waals surface area contributed by atoms with Crippen LogP contribution in [0.1, 0.15) is 23.5 Å². The van der Waals surface area contributed by atoms with Gasteiger partial charge in [-0.3, -0.25) is 4.79 Å². The highest BCUT2D eigenvalue weighted by atomic mass is 35.5. The van der Waals surface area contributed by atoms with Crippen LogP contribution < -0.4 is 9.46 Å². The maximum absolute atomic E-state index is 13.0. The molecule has 144 valence electrons. The van der Waals surface area contributed by atoms with Crippen LogP contribution in [-0.2, 0) is 21.2 Å². The van der Waals surface area contributed by atoms with Crippen LogP contribution in [0.15, 0.2) is 59.5 Å². The molecule has 0 bridgehead atoms. The van der Waals surface area contributed by atoms with Crippen molar-refractivity contribution in [2.75, 3.05) is 7.11 Å². The Morgan fingerprint density at radius 3 is 2.64 bits per heavy atom. The molecule has 1 aliphatic carbocycles. The summed E-state index contributed by atoms with van der Waals surface area (Å²) in [5, 5.41) is 1.92. The predicted molar refractivity (Wildman–Crippen MR) is 108 cm³/mol. The molecule has 0 aliphatic heterocycles. The Labute approximate surface area is 168 Å². The average Bonchev–Trinajstić information content (AvgIpc) is 3.14. The van der Waals surface area contributed by atoms with Crippen molar-refractivity contribution in [2.24, 2.45) is 0 Å². The van der Waals surface area contributed by atoms with E-state index in [0.717, 1.165) is 10.9 Å². The Morgan fingerprint density at radius 1 is 1.11 bits per heavy atom. The second-order valence-electron chi connectivity index (χ2n) is 6.68. The van der Waals surface area contributed by atoms with Gasteiger partial charge in [-0.15, -0.1) is 0 Å². The van der Waals surface area contributed by atoms with E-state index in [1.165, 1.54) is 13.2 Å². The highest BCUT2D eigenvalue weighted by Crippen LogP contribution is 2.43. The van der Waals surface area contributed by atoms with Gasteiger partial charge in [0.15, 0.2) is 0 Å². The van der Waals surface area contributed by atoms with Gasteiger partial charge in [0.25, 0.3) is 10.0 Å². The predicted octanol–water partition coefficient (Wildman–Crippen LogP) is 4.04. The number of hydrogen-bond acceptors (Lipinski definition) is 4. The molecule has 0 spiro atoms. The van der Waals surface area contributed by atoms with Crippen LogP contribution in [-0.4, -0.2) is 21.4 Å². The summed E-state index contributed by atoms with van der Waals surface area (Å²) >= 11 is 6.26. The number of nitrogens with one attached hydrogen (secondary N) is 1. The van der Waals surface area contributed by atoms with Crippen LogP contribution in [0, 0.1) is 0 Å². The molecule has 28 heavy (non-hydrogen) atoms. The maximum Gasteiger partial charge on any atom is 0.264 e. The number of ether oxygens (including phenoxy) is 1. The fourth-order valence-corrected chi connectivity index (χ4v) is 5.32. The van der Waals surface area contributed by atoms with Crippen LogP contribution in [0.2, 0.25) is 5.02 Å². The highest BCUT2D eigenvalue weighted by molar-refractivity contribution is 7.90. The first kappa shape index (κ1) is 18.8. The van der Waals surface area contributed by atoms with E-state index in [2.05, 4.69) is 4.72 Å². The van der Waals surface area contributed by atoms with E-state index in [9.17, 15) is 13.2 Å². The van der Waals surface area contributed by atoms with E-state index >= 15 is 0 Å². The zero-order valence-electron chi connectivity index (χ0n) is 15.1. The zero-order chi connectivity index (χ0) is 19.9. The van der Waals surface area contributed by atoms with Crippen LogP contribution >= 0.6 is 11.6 Å². The summed E-state index contributed by atoms with van der Waals surface area (Å²) in [6, 6.07) is 15.6. The number of fused-ring (bicyclic) bond motifs is 2. The Kier molecular flexibility index (Phi) is 4.77. The van der Waals surface area contributed by atoms with Crippen LogP contribution in [0.4, 0.5) is 0 Å². The van der Waals surface area contributed by atoms with E-state index in [-0.39, 0.29) is 4.90 Å². The number of carbonyl (C=O) groups is 1. The first-order valence-corrected chi connectivity index (χ1v) is 10.7. The average molecular weight is 416 g/mol. The summed E-state index contributed by atoms with van der Waals surface area (Å²) < 4.78 is 33.5. The lowest BCUT2D eigenvalue weighted by Gasteiger charge is -2.16. The van der Waals surface area contributed by atoms with E-state index in [4.69, 9.17) is 16.3 Å². The molecular formula is C21H18ClNO4S. The molecule has 5 nitrogen and oxygen atoms in total. The normalized spacial score (nSPS) is 16.0. The summed E-state index contributed by atoms with van der Waals surface area (Å²) in [5.74, 6) is -0.666. The minimum atomic E-state index is -4.03. The summed E-state index contributed by atoms with van der Waals surface area (Å²) in [5.41, 5.74) is 1.50. The molecule has 1 unspecified atom stereocenters. The van der Waals surface area contributed by atoms with Crippen molar-refractivity contribution in [3.8, 4) is 5.75 Å². The smallest absolute Gasteiger partial charge is 0.264 e. The number of sulfonamides is 1. The fourth-order valence-electron chi connectivity index (χ4n) is 3.81. The van der Waals surface area contributed by atoms with Crippen molar-refractivity contribution in [1.82, 2.24) is 4.72 Å². The minimum Gasteiger partial charge on any atom is -0.496 e. The molecule has 0 radical (unpaired) electrons. The summed E-state index contributed by atoms with van der Waals surface area (Å²) in [7, 11) is -2.51. The van der Waals surface area contributed by atoms with Gasteiger partial charge >= 0.3 is 0 Å². The van der Waals surface area contributed by atoms with E-state index in [1.807, 2.05) is 18.2 Å². The third-order valence-electron chi connectivity index (χ3n) is 5.10. The molecule has 1 N–H and O–H groups in total. The van der Waals surface area contributed by atoms with Crippen LogP contribution in [0.5, 0.6) is 5.75 Å². The molecule has 3 aromatic carbocycles. The molecule has 7 heteroatoms. The van der Waals surface area contributed by atoms with Crippen molar-refractivity contribution in [1.29, 1.82) is 0 Å². The Balaban J connectivity index is 1.70. The van der Waals surface area contributed by atoms with Gasteiger partial charge in [-0.1, -0.05) is 48.0 Å². The summed E-state index contributed by atoms with van der Waals surface area (Å²) in [6.45, 7) is 0. The first-order chi connectivity index (χ1) is 13.4. The van der Waals surface area contributed by atoms with Gasteiger partial charge in [-0.05, 0) is 42.0 Å². The lowest BCUT2D eigenvalue weighted by Crippen LogP contribution is -2.34. The van der Waals surface area contributed by atoms with Gasteiger partial charge in [0.05, 0.1) is 17.9 Å². The lowest BCUT2D eigenvalue weighted by atomic mass is 10.00. The molecule has 0 heterocycles. The van der Waals surface area contributed by atoms with Gasteiger partial charge in [0.1, 0.15) is 5.75 Å². The molecule has 1 amide bonds. The molecule has 0 saturated carbocycles. The van der Waals surface area contributed by atoms with Gasteiger partial charge in [-0.2, -0.15) is 0 Å². The summed E-state index contributed by atoms with van der Waals surface area (Å²) in [6.07, 6.45) is 1.07. The monoisotopic (exact) mass is 415 g/mol. The largest absolute Gasteiger partial charge is 0.496 e. The number of methoxy groups -OCH3 is 1. The number of benzene rings is 3. The van der Waals surface area contributed by atoms with E-state index < -0.39 is 21.8 Å². The molecule has 1 atom stereocenters. The highest BCUT2D eigenvalue weighted by Gasteiger charge is 2.35. The van der Waals surface area contributed by atoms with Crippen LogP contribution in [0.3, 0.4) is 0 Å². The van der Waals surface area contributed by atoms with Gasteiger partial charge in [0, 0.05) is 16.0 Å². The number of hydrogen-bond donors (Lipinski definition) is 1. The topological polar surface area (TPSA) is 72.5 Å². The van der Waals surface area contributed by atoms with Crippen molar-refractivity contribution in [3.05, 3.63) is 70.7 Å². The summed E-state index contributed by atoms with van der Waals surface area (Å²) in [4.78, 5) is 13.0. The quantitative estimate of drug-likeness (QED) is 0.698. The maximum atomic E-state index is 13.0. The van der Waals surface area contributed by atoms with Crippen molar-refractivity contribution in [2.45, 2.75) is 23.7 Å². The Hall–Kier alpha value is -2.57. The zero-order valence-corrected chi connectivity index (χ0v) is 16.7. The Bertz CT molecular complexity index is 1180. The van der Waals surface area contributed by atoms with Gasteiger partial charge in [-0.25, -0.2) is 13.1 Å². The Morgan fingerprint density at radius 2 is 1.86 bits per heavy atom. The molecule has 3 aromatic rings. The third-order valence-corrected chi connectivity index (χ3v) is 6.86. The second-order valence-corrected chi connectivity index (χ2v) is 8.74. The molecule has 0 aromatic heterocycles. The fraction of sp³-hybridized carbons (Fsp3) is 0.190. The number of amides is 1.